The van der Waals surface area contributed by atoms with Crippen molar-refractivity contribution >= 4 is 22.9 Å². The number of hydrogen-bond acceptors (Lipinski definition) is 6. The molecule has 1 aliphatic rings. The second kappa shape index (κ2) is 9.00. The monoisotopic (exact) mass is 450 g/mol. The molecule has 0 saturated heterocycles. The number of nitrogens with one attached hydrogen (secondary N) is 1. The molecular weight excluding hydrogens is 424 g/mol. The Labute approximate surface area is 192 Å². The van der Waals surface area contributed by atoms with Gasteiger partial charge < -0.3 is 24.6 Å². The van der Waals surface area contributed by atoms with Crippen molar-refractivity contribution in [2.45, 2.75) is 33.2 Å². The van der Waals surface area contributed by atoms with Gasteiger partial charge >= 0.3 is 0 Å². The van der Waals surface area contributed by atoms with E-state index in [0.717, 1.165) is 40.9 Å². The van der Waals surface area contributed by atoms with Crippen molar-refractivity contribution < 1.29 is 14.4 Å². The summed E-state index contributed by atoms with van der Waals surface area (Å²) in [6.07, 6.45) is 0.929. The van der Waals surface area contributed by atoms with Gasteiger partial charge in [-0.25, -0.2) is 0 Å². The molecule has 0 saturated carbocycles. The number of aromatic hydroxyl groups is 1. The van der Waals surface area contributed by atoms with E-state index in [-0.39, 0.29) is 11.8 Å². The Morgan fingerprint density at radius 3 is 2.59 bits per heavy atom. The first-order valence-electron chi connectivity index (χ1n) is 10.5. The molecule has 3 aromatic rings. The lowest BCUT2D eigenvalue weighted by Gasteiger charge is -2.37. The minimum Gasteiger partial charge on any atom is -0.504 e. The van der Waals surface area contributed by atoms with Crippen molar-refractivity contribution in [3.05, 3.63) is 65.2 Å². The predicted octanol–water partition coefficient (Wildman–Crippen LogP) is 4.83. The van der Waals surface area contributed by atoms with Crippen molar-refractivity contribution in [3.8, 4) is 22.9 Å². The summed E-state index contributed by atoms with van der Waals surface area (Å²) in [5.41, 5.74) is 4.62. The number of benzene rings is 2. The molecule has 8 heteroatoms. The van der Waals surface area contributed by atoms with Gasteiger partial charge in [-0.05, 0) is 50.2 Å². The van der Waals surface area contributed by atoms with Crippen molar-refractivity contribution in [2.75, 3.05) is 13.7 Å². The third kappa shape index (κ3) is 4.05. The number of hydrogen-bond donors (Lipinski definition) is 2. The third-order valence-electron chi connectivity index (χ3n) is 5.55. The first kappa shape index (κ1) is 21.8. The summed E-state index contributed by atoms with van der Waals surface area (Å²) in [6.45, 7) is 6.91. The Kier molecular flexibility index (Phi) is 6.14. The normalized spacial score (nSPS) is 16.3. The van der Waals surface area contributed by atoms with Gasteiger partial charge in [0.25, 0.3) is 5.89 Å². The molecule has 2 heterocycles. The zero-order valence-corrected chi connectivity index (χ0v) is 19.4. The lowest BCUT2D eigenvalue weighted by atomic mass is 9.94. The van der Waals surface area contributed by atoms with E-state index in [2.05, 4.69) is 17.4 Å². The van der Waals surface area contributed by atoms with Crippen molar-refractivity contribution in [2.24, 2.45) is 0 Å². The van der Waals surface area contributed by atoms with Crippen LogP contribution in [-0.4, -0.2) is 38.9 Å². The summed E-state index contributed by atoms with van der Waals surface area (Å²) in [5, 5.41) is 18.6. The standard InChI is InChI=1S/C24H26N4O3S/c1-5-12-28-15(3)20(23-26-22(27-31-23)16-8-6-14(2)7-9-16)21(25-24(28)32)17-10-11-19(30-4)18(29)13-17/h6-11,13,21,29H,5,12H2,1-4H3,(H,25,32). The largest absolute Gasteiger partial charge is 0.504 e. The van der Waals surface area contributed by atoms with Crippen LogP contribution >= 0.6 is 12.2 Å². The molecule has 1 aromatic heterocycles. The molecule has 2 aromatic carbocycles. The summed E-state index contributed by atoms with van der Waals surface area (Å²) in [7, 11) is 1.52. The van der Waals surface area contributed by atoms with Crippen LogP contribution in [0.3, 0.4) is 0 Å². The molecule has 1 unspecified atom stereocenters. The van der Waals surface area contributed by atoms with E-state index in [1.807, 2.05) is 49.1 Å². The van der Waals surface area contributed by atoms with Gasteiger partial charge in [-0.3, -0.25) is 0 Å². The number of aryl methyl sites for hydroxylation is 1. The van der Waals surface area contributed by atoms with E-state index in [0.29, 0.717) is 22.6 Å². The quantitative estimate of drug-likeness (QED) is 0.517. The molecule has 7 nitrogen and oxygen atoms in total. The van der Waals surface area contributed by atoms with Crippen LogP contribution in [-0.2, 0) is 0 Å². The van der Waals surface area contributed by atoms with Gasteiger partial charge in [-0.2, -0.15) is 4.98 Å². The van der Waals surface area contributed by atoms with Crippen LogP contribution < -0.4 is 10.1 Å². The van der Waals surface area contributed by atoms with Crippen LogP contribution in [0.1, 0.15) is 43.3 Å². The highest BCUT2D eigenvalue weighted by atomic mass is 32.1. The van der Waals surface area contributed by atoms with E-state index >= 15 is 0 Å². The molecule has 0 aliphatic carbocycles. The second-order valence-corrected chi connectivity index (χ2v) is 8.14. The minimum atomic E-state index is -0.362. The number of phenolic OH excluding ortho intramolecular Hbond substituents is 1. The van der Waals surface area contributed by atoms with Gasteiger partial charge in [0, 0.05) is 17.8 Å². The molecular formula is C24H26N4O3S. The maximum atomic E-state index is 10.4. The maximum absolute atomic E-state index is 10.4. The fourth-order valence-corrected chi connectivity index (χ4v) is 4.19. The number of allylic oxidation sites excluding steroid dienone is 1. The Hall–Kier alpha value is -3.39. The van der Waals surface area contributed by atoms with Gasteiger partial charge in [0.05, 0.1) is 18.7 Å². The number of phenols is 1. The topological polar surface area (TPSA) is 83.7 Å². The summed E-state index contributed by atoms with van der Waals surface area (Å²) >= 11 is 5.65. The molecule has 0 spiro atoms. The smallest absolute Gasteiger partial charge is 0.258 e. The number of nitrogens with zero attached hydrogens (tertiary/aromatic N) is 3. The van der Waals surface area contributed by atoms with Crippen molar-refractivity contribution in [3.63, 3.8) is 0 Å². The molecule has 2 N–H and O–H groups in total. The van der Waals surface area contributed by atoms with Gasteiger partial charge in [-0.15, -0.1) is 0 Å². The van der Waals surface area contributed by atoms with E-state index < -0.39 is 0 Å². The lowest BCUT2D eigenvalue weighted by Crippen LogP contribution is -2.46. The maximum Gasteiger partial charge on any atom is 0.258 e. The van der Waals surface area contributed by atoms with Crippen molar-refractivity contribution in [1.82, 2.24) is 20.4 Å². The van der Waals surface area contributed by atoms with E-state index in [1.54, 1.807) is 12.1 Å². The van der Waals surface area contributed by atoms with Crippen LogP contribution in [0.15, 0.2) is 52.7 Å². The zero-order valence-electron chi connectivity index (χ0n) is 18.5. The predicted molar refractivity (Wildman–Crippen MR) is 127 cm³/mol. The highest BCUT2D eigenvalue weighted by Crippen LogP contribution is 2.39. The molecule has 4 rings (SSSR count). The average molecular weight is 451 g/mol. The highest BCUT2D eigenvalue weighted by molar-refractivity contribution is 7.80. The summed E-state index contributed by atoms with van der Waals surface area (Å²) in [5.74, 6) is 1.39. The fourth-order valence-electron chi connectivity index (χ4n) is 3.84. The third-order valence-corrected chi connectivity index (χ3v) is 5.88. The molecule has 1 atom stereocenters. The number of aromatic nitrogens is 2. The Balaban J connectivity index is 1.81. The first-order valence-corrected chi connectivity index (χ1v) is 10.9. The Morgan fingerprint density at radius 1 is 1.19 bits per heavy atom. The number of thiocarbonyl (C=S) groups is 1. The SMILES string of the molecule is CCCN1C(=S)NC(c2ccc(OC)c(O)c2)C(c2nc(-c3ccc(C)cc3)no2)=C1C. The summed E-state index contributed by atoms with van der Waals surface area (Å²) < 4.78 is 10.9. The first-order chi connectivity index (χ1) is 15.4. The average Bonchev–Trinajstić information content (AvgIpc) is 3.26. The molecule has 0 amide bonds. The van der Waals surface area contributed by atoms with E-state index in [1.165, 1.54) is 7.11 Å². The molecule has 0 bridgehead atoms. The summed E-state index contributed by atoms with van der Waals surface area (Å²) in [6, 6.07) is 12.9. The molecule has 1 aliphatic heterocycles. The van der Waals surface area contributed by atoms with E-state index in [4.69, 9.17) is 26.5 Å². The summed E-state index contributed by atoms with van der Waals surface area (Å²) in [4.78, 5) is 6.74. The van der Waals surface area contributed by atoms with Crippen LogP contribution in [0, 0.1) is 6.92 Å². The molecule has 166 valence electrons. The Bertz CT molecular complexity index is 1170. The highest BCUT2D eigenvalue weighted by Gasteiger charge is 2.34. The number of ether oxygens (including phenoxy) is 1. The fraction of sp³-hybridized carbons (Fsp3) is 0.292. The van der Waals surface area contributed by atoms with Crippen LogP contribution in [0.2, 0.25) is 0 Å². The minimum absolute atomic E-state index is 0.0524. The molecule has 0 radical (unpaired) electrons. The van der Waals surface area contributed by atoms with Crippen molar-refractivity contribution in [1.29, 1.82) is 0 Å². The number of methoxy groups -OCH3 is 1. The second-order valence-electron chi connectivity index (χ2n) is 7.75. The van der Waals surface area contributed by atoms with Gasteiger partial charge in [-0.1, -0.05) is 48.0 Å². The van der Waals surface area contributed by atoms with Crippen LogP contribution in [0.5, 0.6) is 11.5 Å². The van der Waals surface area contributed by atoms with Gasteiger partial charge in [0.2, 0.25) is 5.82 Å². The van der Waals surface area contributed by atoms with E-state index in [9.17, 15) is 5.11 Å². The van der Waals surface area contributed by atoms with Gasteiger partial charge in [0.1, 0.15) is 0 Å². The lowest BCUT2D eigenvalue weighted by molar-refractivity contribution is 0.372. The zero-order chi connectivity index (χ0) is 22.8. The van der Waals surface area contributed by atoms with Crippen LogP contribution in [0.25, 0.3) is 17.0 Å². The van der Waals surface area contributed by atoms with Gasteiger partial charge in [0.15, 0.2) is 16.6 Å². The Morgan fingerprint density at radius 2 is 1.94 bits per heavy atom. The number of rotatable bonds is 6. The molecule has 32 heavy (non-hydrogen) atoms. The molecule has 0 fully saturated rings. The van der Waals surface area contributed by atoms with Crippen LogP contribution in [0.4, 0.5) is 0 Å².